The number of rotatable bonds is 4. The Bertz CT molecular complexity index is 304. The summed E-state index contributed by atoms with van der Waals surface area (Å²) in [6.07, 6.45) is 2.12. The van der Waals surface area contributed by atoms with Crippen LogP contribution >= 0.6 is 27.7 Å². The molecule has 0 atom stereocenters. The molecule has 0 N–H and O–H groups in total. The first-order valence-electron chi connectivity index (χ1n) is 4.48. The van der Waals surface area contributed by atoms with Gasteiger partial charge in [-0.15, -0.1) is 0 Å². The van der Waals surface area contributed by atoms with Crippen LogP contribution in [0, 0.1) is 6.92 Å². The average Bonchev–Trinajstić information content (AvgIpc) is 2.18. The molecule has 2 nitrogen and oxygen atoms in total. The van der Waals surface area contributed by atoms with Crippen molar-refractivity contribution in [3.63, 3.8) is 0 Å². The van der Waals surface area contributed by atoms with Crippen molar-refractivity contribution in [2.45, 2.75) is 6.92 Å². The minimum absolute atomic E-state index is 1.04. The van der Waals surface area contributed by atoms with E-state index in [4.69, 9.17) is 0 Å². The van der Waals surface area contributed by atoms with Crippen molar-refractivity contribution in [1.82, 2.24) is 4.98 Å². The summed E-state index contributed by atoms with van der Waals surface area (Å²) in [5.41, 5.74) is 1.04. The Morgan fingerprint density at radius 3 is 2.79 bits per heavy atom. The lowest BCUT2D eigenvalue weighted by Crippen LogP contribution is -2.21. The molecule has 0 saturated carbocycles. The van der Waals surface area contributed by atoms with Gasteiger partial charge in [0.05, 0.1) is 5.69 Å². The quantitative estimate of drug-likeness (QED) is 0.840. The number of anilines is 1. The second kappa shape index (κ2) is 5.61. The molecular weight excluding hydrogens is 260 g/mol. The van der Waals surface area contributed by atoms with E-state index in [1.807, 2.05) is 30.8 Å². The number of nitrogens with zero attached hydrogens (tertiary/aromatic N) is 2. The summed E-state index contributed by atoms with van der Waals surface area (Å²) < 4.78 is 1.07. The van der Waals surface area contributed by atoms with Gasteiger partial charge in [0.2, 0.25) is 0 Å². The number of thioether (sulfide) groups is 1. The Morgan fingerprint density at radius 2 is 2.21 bits per heavy atom. The van der Waals surface area contributed by atoms with Crippen LogP contribution in [0.25, 0.3) is 0 Å². The summed E-state index contributed by atoms with van der Waals surface area (Å²) in [6, 6.07) is 4.09. The van der Waals surface area contributed by atoms with Crippen LogP contribution in [0.4, 0.5) is 5.82 Å². The number of aryl methyl sites for hydroxylation is 1. The zero-order valence-electron chi connectivity index (χ0n) is 8.75. The van der Waals surface area contributed by atoms with Crippen molar-refractivity contribution in [2.75, 3.05) is 30.5 Å². The summed E-state index contributed by atoms with van der Waals surface area (Å²) in [4.78, 5) is 6.67. The molecule has 1 aromatic heterocycles. The second-order valence-corrected chi connectivity index (χ2v) is 4.99. The molecule has 0 aliphatic carbocycles. The van der Waals surface area contributed by atoms with E-state index in [-0.39, 0.29) is 0 Å². The van der Waals surface area contributed by atoms with E-state index in [2.05, 4.69) is 39.1 Å². The molecule has 0 saturated heterocycles. The maximum atomic E-state index is 4.50. The summed E-state index contributed by atoms with van der Waals surface area (Å²) >= 11 is 5.30. The van der Waals surface area contributed by atoms with Crippen molar-refractivity contribution in [2.24, 2.45) is 0 Å². The SMILES string of the molecule is CSCCN(C)c1ccc(Br)c(C)n1. The molecule has 1 rings (SSSR count). The highest BCUT2D eigenvalue weighted by atomic mass is 79.9. The normalized spacial score (nSPS) is 10.3. The molecule has 1 heterocycles. The van der Waals surface area contributed by atoms with Gasteiger partial charge in [-0.2, -0.15) is 11.8 Å². The summed E-state index contributed by atoms with van der Waals surface area (Å²) in [5, 5.41) is 0. The molecule has 0 unspecified atom stereocenters. The van der Waals surface area contributed by atoms with Gasteiger partial charge >= 0.3 is 0 Å². The topological polar surface area (TPSA) is 16.1 Å². The first-order valence-corrected chi connectivity index (χ1v) is 6.67. The van der Waals surface area contributed by atoms with E-state index < -0.39 is 0 Å². The first-order chi connectivity index (χ1) is 6.65. The Morgan fingerprint density at radius 1 is 1.50 bits per heavy atom. The lowest BCUT2D eigenvalue weighted by Gasteiger charge is -2.18. The molecule has 0 aliphatic rings. The minimum Gasteiger partial charge on any atom is -0.359 e. The average molecular weight is 275 g/mol. The lowest BCUT2D eigenvalue weighted by molar-refractivity contribution is 0.937. The molecular formula is C10H15BrN2S. The van der Waals surface area contributed by atoms with Crippen molar-refractivity contribution < 1.29 is 0 Å². The van der Waals surface area contributed by atoms with Gasteiger partial charge in [0.1, 0.15) is 5.82 Å². The van der Waals surface area contributed by atoms with Crippen molar-refractivity contribution in [3.05, 3.63) is 22.3 Å². The summed E-state index contributed by atoms with van der Waals surface area (Å²) in [5.74, 6) is 2.17. The molecule has 78 valence electrons. The van der Waals surface area contributed by atoms with Gasteiger partial charge in [0.15, 0.2) is 0 Å². The third-order valence-corrected chi connectivity index (χ3v) is 3.46. The van der Waals surface area contributed by atoms with Crippen LogP contribution in [0.5, 0.6) is 0 Å². The van der Waals surface area contributed by atoms with E-state index in [0.29, 0.717) is 0 Å². The number of hydrogen-bond acceptors (Lipinski definition) is 3. The van der Waals surface area contributed by atoms with Gasteiger partial charge in [-0.25, -0.2) is 4.98 Å². The standard InChI is InChI=1S/C10H15BrN2S/c1-8-9(11)4-5-10(12-8)13(2)6-7-14-3/h4-5H,6-7H2,1-3H3. The predicted octanol–water partition coefficient (Wildman–Crippen LogP) is 2.95. The fraction of sp³-hybridized carbons (Fsp3) is 0.500. The minimum atomic E-state index is 1.04. The highest BCUT2D eigenvalue weighted by Gasteiger charge is 2.03. The molecule has 0 fully saturated rings. The molecule has 0 aliphatic heterocycles. The van der Waals surface area contributed by atoms with E-state index in [1.54, 1.807) is 0 Å². The van der Waals surface area contributed by atoms with Crippen molar-refractivity contribution >= 4 is 33.5 Å². The van der Waals surface area contributed by atoms with Crippen LogP contribution in [-0.2, 0) is 0 Å². The van der Waals surface area contributed by atoms with Gasteiger partial charge < -0.3 is 4.90 Å². The fourth-order valence-electron chi connectivity index (χ4n) is 1.09. The van der Waals surface area contributed by atoms with Crippen LogP contribution in [0.3, 0.4) is 0 Å². The van der Waals surface area contributed by atoms with Gasteiger partial charge in [-0.05, 0) is 41.2 Å². The van der Waals surface area contributed by atoms with E-state index in [1.165, 1.54) is 0 Å². The maximum absolute atomic E-state index is 4.50. The Balaban J connectivity index is 2.70. The number of pyridine rings is 1. The summed E-state index contributed by atoms with van der Waals surface area (Å²) in [7, 11) is 2.08. The van der Waals surface area contributed by atoms with Gasteiger partial charge in [0, 0.05) is 23.8 Å². The van der Waals surface area contributed by atoms with E-state index in [0.717, 1.165) is 28.3 Å². The highest BCUT2D eigenvalue weighted by Crippen LogP contribution is 2.18. The van der Waals surface area contributed by atoms with E-state index in [9.17, 15) is 0 Å². The molecule has 14 heavy (non-hydrogen) atoms. The monoisotopic (exact) mass is 274 g/mol. The third kappa shape index (κ3) is 3.17. The number of hydrogen-bond donors (Lipinski definition) is 0. The number of halogens is 1. The molecule has 0 amide bonds. The fourth-order valence-corrected chi connectivity index (χ4v) is 1.76. The Hall–Kier alpha value is -0.220. The van der Waals surface area contributed by atoms with Crippen LogP contribution in [0.2, 0.25) is 0 Å². The van der Waals surface area contributed by atoms with E-state index >= 15 is 0 Å². The van der Waals surface area contributed by atoms with Crippen LogP contribution in [0.15, 0.2) is 16.6 Å². The van der Waals surface area contributed by atoms with Crippen molar-refractivity contribution in [3.8, 4) is 0 Å². The van der Waals surface area contributed by atoms with Gasteiger partial charge in [-0.3, -0.25) is 0 Å². The van der Waals surface area contributed by atoms with Gasteiger partial charge in [0.25, 0.3) is 0 Å². The molecule has 4 heteroatoms. The van der Waals surface area contributed by atoms with Crippen molar-refractivity contribution in [1.29, 1.82) is 0 Å². The highest BCUT2D eigenvalue weighted by molar-refractivity contribution is 9.10. The predicted molar refractivity (Wildman–Crippen MR) is 68.3 cm³/mol. The van der Waals surface area contributed by atoms with Crippen LogP contribution < -0.4 is 4.90 Å². The zero-order valence-corrected chi connectivity index (χ0v) is 11.2. The first kappa shape index (κ1) is 11.9. The molecule has 0 radical (unpaired) electrons. The second-order valence-electron chi connectivity index (χ2n) is 3.15. The molecule has 0 aromatic carbocycles. The number of aromatic nitrogens is 1. The molecule has 0 spiro atoms. The Kier molecular flexibility index (Phi) is 4.75. The van der Waals surface area contributed by atoms with Crippen LogP contribution in [0.1, 0.15) is 5.69 Å². The lowest BCUT2D eigenvalue weighted by atomic mass is 10.3. The third-order valence-electron chi connectivity index (χ3n) is 2.03. The molecule has 1 aromatic rings. The van der Waals surface area contributed by atoms with Gasteiger partial charge in [-0.1, -0.05) is 0 Å². The largest absolute Gasteiger partial charge is 0.359 e. The van der Waals surface area contributed by atoms with Crippen LogP contribution in [-0.4, -0.2) is 30.6 Å². The smallest absolute Gasteiger partial charge is 0.128 e. The molecule has 0 bridgehead atoms. The Labute approximate surface area is 98.2 Å². The summed E-state index contributed by atoms with van der Waals surface area (Å²) in [6.45, 7) is 3.05. The zero-order chi connectivity index (χ0) is 10.6. The maximum Gasteiger partial charge on any atom is 0.128 e.